The third-order valence-corrected chi connectivity index (χ3v) is 9.04. The predicted molar refractivity (Wildman–Crippen MR) is 103 cm³/mol. The van der Waals surface area contributed by atoms with Crippen molar-refractivity contribution in [1.29, 1.82) is 0 Å². The van der Waals surface area contributed by atoms with Crippen LogP contribution in [0.3, 0.4) is 0 Å². The molecule has 0 saturated heterocycles. The Kier molecular flexibility index (Phi) is 5.04. The molecule has 1 atom stereocenters. The van der Waals surface area contributed by atoms with Crippen molar-refractivity contribution in [3.8, 4) is 0 Å². The normalized spacial score (nSPS) is 11.4. The van der Waals surface area contributed by atoms with Gasteiger partial charge in [-0.1, -0.05) is 98.3 Å². The van der Waals surface area contributed by atoms with Crippen LogP contribution in [0.1, 0.15) is 11.1 Å². The Morgan fingerprint density at radius 3 is 1.50 bits per heavy atom. The first-order chi connectivity index (χ1) is 10.7. The lowest BCUT2D eigenvalue weighted by Gasteiger charge is -2.19. The lowest BCUT2D eigenvalue weighted by molar-refractivity contribution is 1.49. The van der Waals surface area contributed by atoms with Crippen LogP contribution in [0.25, 0.3) is 0 Å². The van der Waals surface area contributed by atoms with Crippen LogP contribution in [0.15, 0.2) is 78.9 Å². The van der Waals surface area contributed by atoms with Gasteiger partial charge < -0.3 is 0 Å². The number of hydrogen-bond donors (Lipinski definition) is 0. The van der Waals surface area contributed by atoms with Gasteiger partial charge in [0.25, 0.3) is 0 Å². The van der Waals surface area contributed by atoms with Crippen molar-refractivity contribution in [2.75, 3.05) is 0 Å². The molecule has 0 radical (unpaired) electrons. The lowest BCUT2D eigenvalue weighted by Crippen LogP contribution is -2.10. The van der Waals surface area contributed by atoms with Gasteiger partial charge in [0.2, 0.25) is 0 Å². The van der Waals surface area contributed by atoms with E-state index in [1.165, 1.54) is 27.0 Å². The highest BCUT2D eigenvalue weighted by Gasteiger charge is 2.14. The average Bonchev–Trinajstić information content (AvgIpc) is 2.56. The molecule has 0 amide bonds. The molecule has 0 aromatic heterocycles. The molecule has 3 aromatic rings. The fourth-order valence-corrected chi connectivity index (χ4v) is 7.25. The number of rotatable bonds is 4. The molecule has 3 aromatic carbocycles. The second-order valence-electron chi connectivity index (χ2n) is 5.48. The minimum atomic E-state index is -0.324. The molecule has 22 heavy (non-hydrogen) atoms. The van der Waals surface area contributed by atoms with E-state index in [1.807, 2.05) is 0 Å². The zero-order valence-corrected chi connectivity index (χ0v) is 14.8. The third-order valence-electron chi connectivity index (χ3n) is 3.60. The molecule has 0 aliphatic rings. The van der Waals surface area contributed by atoms with Gasteiger partial charge in [0.05, 0.1) is 0 Å². The van der Waals surface area contributed by atoms with Crippen molar-refractivity contribution >= 4 is 31.8 Å². The molecule has 0 heterocycles. The fourth-order valence-electron chi connectivity index (χ4n) is 2.31. The van der Waals surface area contributed by atoms with E-state index in [0.717, 1.165) is 8.27 Å². The molecule has 0 fully saturated rings. The topological polar surface area (TPSA) is 0 Å². The minimum absolute atomic E-state index is 0.324. The Hall–Kier alpha value is -1.48. The molecular weight excluding hydrogens is 302 g/mol. The summed E-state index contributed by atoms with van der Waals surface area (Å²) >= 11 is 0. The molecule has 0 saturated carbocycles. The van der Waals surface area contributed by atoms with Crippen LogP contribution in [0.5, 0.6) is 0 Å². The fraction of sp³-hybridized carbons (Fsp3) is 0.100. The van der Waals surface area contributed by atoms with Crippen molar-refractivity contribution in [2.24, 2.45) is 0 Å². The van der Waals surface area contributed by atoms with Crippen LogP contribution in [0, 0.1) is 13.8 Å². The standard InChI is InChI=1S/C20H20P2/c1-16-8-12-19(13-9-16)22(20-14-10-17(2)11-15-20)21-18-6-4-3-5-7-18/h3-15,21H,1-2H3. The molecule has 0 nitrogen and oxygen atoms in total. The van der Waals surface area contributed by atoms with Crippen molar-refractivity contribution in [3.63, 3.8) is 0 Å². The molecule has 3 rings (SSSR count). The Morgan fingerprint density at radius 2 is 1.05 bits per heavy atom. The van der Waals surface area contributed by atoms with E-state index < -0.39 is 0 Å². The highest BCUT2D eigenvalue weighted by atomic mass is 32.0. The van der Waals surface area contributed by atoms with Gasteiger partial charge in [-0.05, 0) is 37.4 Å². The summed E-state index contributed by atoms with van der Waals surface area (Å²) in [5.74, 6) is 0. The number of benzene rings is 3. The van der Waals surface area contributed by atoms with E-state index in [0.29, 0.717) is 0 Å². The summed E-state index contributed by atoms with van der Waals surface area (Å²) in [5, 5.41) is 4.37. The van der Waals surface area contributed by atoms with Crippen LogP contribution in [0.2, 0.25) is 0 Å². The van der Waals surface area contributed by atoms with Crippen molar-refractivity contribution < 1.29 is 0 Å². The quantitative estimate of drug-likeness (QED) is 0.613. The largest absolute Gasteiger partial charge is 0.0622 e. The maximum Gasteiger partial charge on any atom is -0.0152 e. The van der Waals surface area contributed by atoms with E-state index >= 15 is 0 Å². The maximum atomic E-state index is 2.30. The van der Waals surface area contributed by atoms with E-state index in [2.05, 4.69) is 92.7 Å². The van der Waals surface area contributed by atoms with Gasteiger partial charge in [0.1, 0.15) is 0 Å². The maximum absolute atomic E-state index is 2.30. The first-order valence-corrected chi connectivity index (χ1v) is 10.7. The van der Waals surface area contributed by atoms with Gasteiger partial charge in [-0.3, -0.25) is 0 Å². The van der Waals surface area contributed by atoms with Crippen LogP contribution in [-0.2, 0) is 0 Å². The molecule has 0 N–H and O–H groups in total. The SMILES string of the molecule is Cc1ccc(P(Pc2ccccc2)c2ccc(C)cc2)cc1. The smallest absolute Gasteiger partial charge is 0.0152 e. The second-order valence-corrected chi connectivity index (χ2v) is 10.0. The summed E-state index contributed by atoms with van der Waals surface area (Å²) in [6, 6.07) is 29.0. The first kappa shape index (κ1) is 15.4. The highest BCUT2D eigenvalue weighted by molar-refractivity contribution is 8.31. The monoisotopic (exact) mass is 322 g/mol. The molecule has 0 spiro atoms. The molecule has 0 aliphatic heterocycles. The van der Waals surface area contributed by atoms with Crippen molar-refractivity contribution in [1.82, 2.24) is 0 Å². The van der Waals surface area contributed by atoms with E-state index in [4.69, 9.17) is 0 Å². The average molecular weight is 322 g/mol. The first-order valence-electron chi connectivity index (χ1n) is 7.47. The van der Waals surface area contributed by atoms with Gasteiger partial charge in [-0.15, -0.1) is 0 Å². The van der Waals surface area contributed by atoms with Crippen LogP contribution in [-0.4, -0.2) is 0 Å². The summed E-state index contributed by atoms with van der Waals surface area (Å²) in [6.45, 7) is 4.30. The second kappa shape index (κ2) is 7.19. The molecule has 110 valence electrons. The third kappa shape index (κ3) is 3.83. The number of aryl methyl sites for hydroxylation is 2. The molecule has 2 heteroatoms. The lowest BCUT2D eigenvalue weighted by atomic mass is 10.2. The molecule has 0 aliphatic carbocycles. The summed E-state index contributed by atoms with van der Waals surface area (Å²) < 4.78 is 0. The van der Waals surface area contributed by atoms with Crippen molar-refractivity contribution in [3.05, 3.63) is 90.0 Å². The zero-order valence-electron chi connectivity index (χ0n) is 13.0. The molecule has 0 bridgehead atoms. The Bertz CT molecular complexity index is 670. The van der Waals surface area contributed by atoms with Gasteiger partial charge in [0, 0.05) is 0 Å². The van der Waals surface area contributed by atoms with E-state index in [1.54, 1.807) is 0 Å². The van der Waals surface area contributed by atoms with Crippen LogP contribution >= 0.6 is 15.9 Å². The van der Waals surface area contributed by atoms with Gasteiger partial charge in [-0.2, -0.15) is 0 Å². The van der Waals surface area contributed by atoms with E-state index in [-0.39, 0.29) is 7.61 Å². The Labute approximate surface area is 136 Å². The Morgan fingerprint density at radius 1 is 0.591 bits per heavy atom. The minimum Gasteiger partial charge on any atom is -0.0622 e. The van der Waals surface area contributed by atoms with Crippen LogP contribution < -0.4 is 15.9 Å². The Balaban J connectivity index is 1.97. The van der Waals surface area contributed by atoms with Gasteiger partial charge >= 0.3 is 0 Å². The predicted octanol–water partition coefficient (Wildman–Crippen LogP) is 4.66. The summed E-state index contributed by atoms with van der Waals surface area (Å²) in [5.41, 5.74) is 2.65. The van der Waals surface area contributed by atoms with E-state index in [9.17, 15) is 0 Å². The number of hydrogen-bond acceptors (Lipinski definition) is 0. The zero-order chi connectivity index (χ0) is 15.4. The summed E-state index contributed by atoms with van der Waals surface area (Å²) in [4.78, 5) is 0. The van der Waals surface area contributed by atoms with Gasteiger partial charge in [0.15, 0.2) is 0 Å². The van der Waals surface area contributed by atoms with Crippen LogP contribution in [0.4, 0.5) is 0 Å². The molecule has 1 unspecified atom stereocenters. The van der Waals surface area contributed by atoms with Gasteiger partial charge in [-0.25, -0.2) is 0 Å². The summed E-state index contributed by atoms with van der Waals surface area (Å²) in [7, 11) is 0.485. The highest BCUT2D eigenvalue weighted by Crippen LogP contribution is 2.52. The van der Waals surface area contributed by atoms with Crippen molar-refractivity contribution in [2.45, 2.75) is 13.8 Å². The molecular formula is C20H20P2. The summed E-state index contributed by atoms with van der Waals surface area (Å²) in [6.07, 6.45) is 0.